The summed E-state index contributed by atoms with van der Waals surface area (Å²) < 4.78 is 11.6. The summed E-state index contributed by atoms with van der Waals surface area (Å²) in [6.07, 6.45) is -0.121. The van der Waals surface area contributed by atoms with E-state index in [1.54, 1.807) is 25.6 Å². The predicted octanol–water partition coefficient (Wildman–Crippen LogP) is 3.80. The minimum absolute atomic E-state index is 0.535. The van der Waals surface area contributed by atoms with Crippen molar-refractivity contribution in [3.63, 3.8) is 0 Å². The molecule has 1 atom stereocenters. The molecular weight excluding hydrogens is 328 g/mol. The highest BCUT2D eigenvalue weighted by Gasteiger charge is 2.19. The summed E-state index contributed by atoms with van der Waals surface area (Å²) >= 11 is 5.02. The van der Waals surface area contributed by atoms with Crippen LogP contribution in [0.3, 0.4) is 0 Å². The van der Waals surface area contributed by atoms with E-state index in [1.807, 2.05) is 29.6 Å². The molecule has 0 spiro atoms. The fraction of sp³-hybridized carbons (Fsp3) is 0.286. The molecule has 0 radical (unpaired) electrons. The van der Waals surface area contributed by atoms with Crippen LogP contribution in [-0.2, 0) is 6.42 Å². The highest BCUT2D eigenvalue weighted by molar-refractivity contribution is 9.10. The normalized spacial score (nSPS) is 12.2. The third-order valence-electron chi connectivity index (χ3n) is 2.82. The summed E-state index contributed by atoms with van der Waals surface area (Å²) in [7, 11) is 3.18. The first-order chi connectivity index (χ1) is 9.15. The molecule has 1 N–H and O–H groups in total. The standard InChI is InChI=1S/C14H15BrO3S/c1-17-12-4-3-5-13(18-2)14(12)11(16)7-10-6-9(15)8-19-10/h3-6,8,11,16H,7H2,1-2H3. The van der Waals surface area contributed by atoms with Crippen molar-refractivity contribution in [2.45, 2.75) is 12.5 Å². The zero-order valence-corrected chi connectivity index (χ0v) is 13.1. The van der Waals surface area contributed by atoms with Crippen molar-refractivity contribution in [3.05, 3.63) is 44.6 Å². The molecule has 102 valence electrons. The highest BCUT2D eigenvalue weighted by Crippen LogP contribution is 2.36. The number of halogens is 1. The van der Waals surface area contributed by atoms with E-state index in [2.05, 4.69) is 15.9 Å². The Kier molecular flexibility index (Phi) is 4.85. The monoisotopic (exact) mass is 342 g/mol. The average molecular weight is 343 g/mol. The molecule has 0 aliphatic rings. The molecule has 0 saturated heterocycles. The molecule has 3 nitrogen and oxygen atoms in total. The maximum Gasteiger partial charge on any atom is 0.128 e. The molecule has 1 unspecified atom stereocenters. The molecule has 5 heteroatoms. The smallest absolute Gasteiger partial charge is 0.128 e. The van der Waals surface area contributed by atoms with E-state index in [4.69, 9.17) is 9.47 Å². The summed E-state index contributed by atoms with van der Waals surface area (Å²) in [5.41, 5.74) is 0.692. The summed E-state index contributed by atoms with van der Waals surface area (Å²) in [5.74, 6) is 1.28. The SMILES string of the molecule is COc1cccc(OC)c1C(O)Cc1cc(Br)cs1. The van der Waals surface area contributed by atoms with Gasteiger partial charge in [-0.15, -0.1) is 11.3 Å². The predicted molar refractivity (Wildman–Crippen MR) is 80.2 cm³/mol. The van der Waals surface area contributed by atoms with Gasteiger partial charge in [0.1, 0.15) is 11.5 Å². The molecular formula is C14H15BrO3S. The van der Waals surface area contributed by atoms with Gasteiger partial charge in [-0.2, -0.15) is 0 Å². The van der Waals surface area contributed by atoms with E-state index in [-0.39, 0.29) is 0 Å². The van der Waals surface area contributed by atoms with Crippen molar-refractivity contribution in [1.82, 2.24) is 0 Å². The molecule has 0 saturated carbocycles. The topological polar surface area (TPSA) is 38.7 Å². The molecule has 0 bridgehead atoms. The summed E-state index contributed by atoms with van der Waals surface area (Å²) in [5, 5.41) is 12.4. The molecule has 2 aromatic rings. The van der Waals surface area contributed by atoms with Crippen LogP contribution in [0, 0.1) is 0 Å². The lowest BCUT2D eigenvalue weighted by atomic mass is 10.0. The molecule has 2 rings (SSSR count). The second-order valence-electron chi connectivity index (χ2n) is 4.03. The number of aliphatic hydroxyl groups is 1. The van der Waals surface area contributed by atoms with Gasteiger partial charge in [0, 0.05) is 21.2 Å². The van der Waals surface area contributed by atoms with Crippen molar-refractivity contribution in [2.75, 3.05) is 14.2 Å². The Morgan fingerprint density at radius 2 is 1.89 bits per heavy atom. The van der Waals surface area contributed by atoms with Gasteiger partial charge < -0.3 is 14.6 Å². The molecule has 0 amide bonds. The number of aliphatic hydroxyl groups excluding tert-OH is 1. The molecule has 19 heavy (non-hydrogen) atoms. The number of thiophene rings is 1. The lowest BCUT2D eigenvalue weighted by Crippen LogP contribution is -2.05. The van der Waals surface area contributed by atoms with E-state index < -0.39 is 6.10 Å². The van der Waals surface area contributed by atoms with Gasteiger partial charge in [-0.3, -0.25) is 0 Å². The van der Waals surface area contributed by atoms with Crippen LogP contribution in [0.15, 0.2) is 34.1 Å². The van der Waals surface area contributed by atoms with Crippen LogP contribution in [0.5, 0.6) is 11.5 Å². The van der Waals surface area contributed by atoms with Crippen LogP contribution in [0.4, 0.5) is 0 Å². The van der Waals surface area contributed by atoms with Gasteiger partial charge in [0.15, 0.2) is 0 Å². The maximum atomic E-state index is 10.4. The molecule has 1 aromatic carbocycles. The van der Waals surface area contributed by atoms with E-state index in [1.165, 1.54) is 0 Å². The number of methoxy groups -OCH3 is 2. The Morgan fingerprint density at radius 1 is 1.26 bits per heavy atom. The second-order valence-corrected chi connectivity index (χ2v) is 5.94. The van der Waals surface area contributed by atoms with E-state index in [0.717, 1.165) is 9.35 Å². The van der Waals surface area contributed by atoms with Crippen molar-refractivity contribution in [2.24, 2.45) is 0 Å². The molecule has 0 aliphatic carbocycles. The third-order valence-corrected chi connectivity index (χ3v) is 4.54. The average Bonchev–Trinajstić information content (AvgIpc) is 2.82. The lowest BCUT2D eigenvalue weighted by molar-refractivity contribution is 0.170. The van der Waals surface area contributed by atoms with Gasteiger partial charge in [-0.25, -0.2) is 0 Å². The quantitative estimate of drug-likeness (QED) is 0.897. The largest absolute Gasteiger partial charge is 0.496 e. The van der Waals surface area contributed by atoms with Gasteiger partial charge in [0.2, 0.25) is 0 Å². The first kappa shape index (κ1) is 14.4. The van der Waals surface area contributed by atoms with E-state index in [9.17, 15) is 5.11 Å². The van der Waals surface area contributed by atoms with Crippen LogP contribution in [0.1, 0.15) is 16.5 Å². The molecule has 0 fully saturated rings. The number of benzene rings is 1. The summed E-state index contributed by atoms with van der Waals surface area (Å²) in [6.45, 7) is 0. The van der Waals surface area contributed by atoms with Crippen LogP contribution in [0.25, 0.3) is 0 Å². The lowest BCUT2D eigenvalue weighted by Gasteiger charge is -2.17. The maximum absolute atomic E-state index is 10.4. The Balaban J connectivity index is 2.29. The van der Waals surface area contributed by atoms with E-state index >= 15 is 0 Å². The van der Waals surface area contributed by atoms with Crippen LogP contribution in [0.2, 0.25) is 0 Å². The molecule has 1 aromatic heterocycles. The van der Waals surface area contributed by atoms with Crippen molar-refractivity contribution in [1.29, 1.82) is 0 Å². The number of rotatable bonds is 5. The Bertz CT molecular complexity index is 531. The van der Waals surface area contributed by atoms with Crippen LogP contribution < -0.4 is 9.47 Å². The van der Waals surface area contributed by atoms with Crippen LogP contribution in [-0.4, -0.2) is 19.3 Å². The zero-order chi connectivity index (χ0) is 13.8. The molecule has 1 heterocycles. The Morgan fingerprint density at radius 3 is 2.37 bits per heavy atom. The van der Waals surface area contributed by atoms with Crippen molar-refractivity contribution < 1.29 is 14.6 Å². The van der Waals surface area contributed by atoms with Crippen molar-refractivity contribution in [3.8, 4) is 11.5 Å². The zero-order valence-electron chi connectivity index (χ0n) is 10.7. The van der Waals surface area contributed by atoms with Gasteiger partial charge in [-0.05, 0) is 34.1 Å². The summed E-state index contributed by atoms with van der Waals surface area (Å²) in [4.78, 5) is 1.10. The molecule has 0 aliphatic heterocycles. The minimum atomic E-state index is -0.656. The fourth-order valence-electron chi connectivity index (χ4n) is 1.96. The number of hydrogen-bond acceptors (Lipinski definition) is 4. The van der Waals surface area contributed by atoms with Gasteiger partial charge in [-0.1, -0.05) is 6.07 Å². The Labute approximate surface area is 124 Å². The van der Waals surface area contributed by atoms with Gasteiger partial charge in [0.05, 0.1) is 25.9 Å². The summed E-state index contributed by atoms with van der Waals surface area (Å²) in [6, 6.07) is 7.50. The first-order valence-electron chi connectivity index (χ1n) is 5.77. The van der Waals surface area contributed by atoms with E-state index in [0.29, 0.717) is 23.5 Å². The first-order valence-corrected chi connectivity index (χ1v) is 7.44. The second kappa shape index (κ2) is 6.41. The van der Waals surface area contributed by atoms with Crippen molar-refractivity contribution >= 4 is 27.3 Å². The third kappa shape index (κ3) is 3.29. The van der Waals surface area contributed by atoms with Gasteiger partial charge >= 0.3 is 0 Å². The van der Waals surface area contributed by atoms with Gasteiger partial charge in [0.25, 0.3) is 0 Å². The number of ether oxygens (including phenoxy) is 2. The highest BCUT2D eigenvalue weighted by atomic mass is 79.9. The number of hydrogen-bond donors (Lipinski definition) is 1. The minimum Gasteiger partial charge on any atom is -0.496 e. The Hall–Kier alpha value is -1.04. The fourth-order valence-corrected chi connectivity index (χ4v) is 3.45. The van der Waals surface area contributed by atoms with Crippen LogP contribution >= 0.6 is 27.3 Å².